The van der Waals surface area contributed by atoms with Crippen molar-refractivity contribution in [2.45, 2.75) is 26.1 Å². The summed E-state index contributed by atoms with van der Waals surface area (Å²) < 4.78 is 38.0. The molecule has 0 spiro atoms. The van der Waals surface area contributed by atoms with Crippen LogP contribution < -0.4 is 20.5 Å². The third-order valence-corrected chi connectivity index (χ3v) is 3.70. The number of ether oxygens (including phenoxy) is 2. The van der Waals surface area contributed by atoms with Crippen molar-refractivity contribution in [3.05, 3.63) is 59.2 Å². The molecular formula is C18H20F2N2O3. The van der Waals surface area contributed by atoms with E-state index in [1.807, 2.05) is 0 Å². The van der Waals surface area contributed by atoms with Gasteiger partial charge in [-0.25, -0.2) is 8.78 Å². The van der Waals surface area contributed by atoms with Crippen molar-refractivity contribution >= 4 is 5.91 Å². The first kappa shape index (κ1) is 18.7. The molecule has 5 nitrogen and oxygen atoms in total. The summed E-state index contributed by atoms with van der Waals surface area (Å²) in [5.74, 6) is -1.00. The van der Waals surface area contributed by atoms with E-state index >= 15 is 0 Å². The second-order valence-corrected chi connectivity index (χ2v) is 5.48. The van der Waals surface area contributed by atoms with Gasteiger partial charge in [-0.2, -0.15) is 0 Å². The van der Waals surface area contributed by atoms with Crippen LogP contribution in [0.4, 0.5) is 8.78 Å². The summed E-state index contributed by atoms with van der Waals surface area (Å²) in [6.07, 6.45) is 0. The molecule has 0 saturated carbocycles. The predicted molar refractivity (Wildman–Crippen MR) is 89.2 cm³/mol. The van der Waals surface area contributed by atoms with E-state index in [-0.39, 0.29) is 12.2 Å². The van der Waals surface area contributed by atoms with Gasteiger partial charge in [0.1, 0.15) is 18.2 Å². The Morgan fingerprint density at radius 3 is 2.48 bits per heavy atom. The number of primary amides is 1. The summed E-state index contributed by atoms with van der Waals surface area (Å²) in [6.45, 7) is 1.81. The topological polar surface area (TPSA) is 73.6 Å². The van der Waals surface area contributed by atoms with Crippen LogP contribution in [0.5, 0.6) is 11.5 Å². The number of benzene rings is 2. The highest BCUT2D eigenvalue weighted by atomic mass is 19.1. The Morgan fingerprint density at radius 2 is 1.88 bits per heavy atom. The highest BCUT2D eigenvalue weighted by Crippen LogP contribution is 2.29. The molecule has 2 rings (SSSR count). The number of nitrogens with two attached hydrogens (primary N) is 1. The molecule has 0 radical (unpaired) electrons. The number of nitrogens with one attached hydrogen (secondary N) is 1. The number of rotatable bonds is 8. The van der Waals surface area contributed by atoms with Gasteiger partial charge < -0.3 is 20.5 Å². The zero-order valence-corrected chi connectivity index (χ0v) is 14.0. The van der Waals surface area contributed by atoms with Gasteiger partial charge in [-0.1, -0.05) is 12.1 Å². The van der Waals surface area contributed by atoms with E-state index in [1.165, 1.54) is 25.3 Å². The van der Waals surface area contributed by atoms with E-state index in [4.69, 9.17) is 15.2 Å². The minimum atomic E-state index is -0.666. The Bertz CT molecular complexity index is 733. The van der Waals surface area contributed by atoms with Crippen molar-refractivity contribution in [3.63, 3.8) is 0 Å². The highest BCUT2D eigenvalue weighted by molar-refractivity contribution is 5.79. The number of amides is 1. The molecule has 1 atom stereocenters. The molecule has 0 fully saturated rings. The summed E-state index contributed by atoms with van der Waals surface area (Å²) in [7, 11) is 1.47. The third kappa shape index (κ3) is 4.90. The average molecular weight is 350 g/mol. The van der Waals surface area contributed by atoms with Crippen LogP contribution in [0, 0.1) is 11.6 Å². The lowest BCUT2D eigenvalue weighted by molar-refractivity contribution is -0.119. The van der Waals surface area contributed by atoms with E-state index in [1.54, 1.807) is 25.1 Å². The van der Waals surface area contributed by atoms with Crippen molar-refractivity contribution < 1.29 is 23.0 Å². The third-order valence-electron chi connectivity index (χ3n) is 3.70. The van der Waals surface area contributed by atoms with Crippen LogP contribution >= 0.6 is 0 Å². The van der Waals surface area contributed by atoms with E-state index in [0.29, 0.717) is 18.0 Å². The fourth-order valence-electron chi connectivity index (χ4n) is 2.13. The van der Waals surface area contributed by atoms with Gasteiger partial charge >= 0.3 is 0 Å². The fourth-order valence-corrected chi connectivity index (χ4v) is 2.13. The molecule has 1 amide bonds. The van der Waals surface area contributed by atoms with Crippen LogP contribution in [-0.2, 0) is 17.9 Å². The first-order valence-electron chi connectivity index (χ1n) is 7.67. The molecule has 0 aliphatic rings. The van der Waals surface area contributed by atoms with Gasteiger partial charge in [0.15, 0.2) is 11.5 Å². The van der Waals surface area contributed by atoms with Crippen molar-refractivity contribution in [1.82, 2.24) is 5.32 Å². The molecule has 0 saturated heterocycles. The van der Waals surface area contributed by atoms with Gasteiger partial charge in [0.25, 0.3) is 0 Å². The van der Waals surface area contributed by atoms with Gasteiger partial charge in [-0.3, -0.25) is 4.79 Å². The highest BCUT2D eigenvalue weighted by Gasteiger charge is 2.12. The lowest BCUT2D eigenvalue weighted by Crippen LogP contribution is -2.38. The number of carbonyl (C=O) groups is 1. The standard InChI is InChI=1S/C18H20F2N2O3/c1-11(18(21)23)22-9-12-6-7-16(17(8-12)24-2)25-10-13-14(19)4-3-5-15(13)20/h3-8,11,22H,9-10H2,1-2H3,(H2,21,23)/t11-/m0/s1. The average Bonchev–Trinajstić information content (AvgIpc) is 2.59. The minimum Gasteiger partial charge on any atom is -0.493 e. The van der Waals surface area contributed by atoms with Crippen LogP contribution in [-0.4, -0.2) is 19.1 Å². The molecule has 7 heteroatoms. The molecule has 0 aliphatic heterocycles. The summed E-state index contributed by atoms with van der Waals surface area (Å²) in [5.41, 5.74) is 5.89. The van der Waals surface area contributed by atoms with Crippen molar-refractivity contribution in [2.75, 3.05) is 7.11 Å². The van der Waals surface area contributed by atoms with Gasteiger partial charge in [0.05, 0.1) is 18.7 Å². The molecule has 0 heterocycles. The number of hydrogen-bond donors (Lipinski definition) is 2. The van der Waals surface area contributed by atoms with Crippen LogP contribution in [0.25, 0.3) is 0 Å². The Morgan fingerprint density at radius 1 is 1.20 bits per heavy atom. The Kier molecular flexibility index (Phi) is 6.30. The van der Waals surface area contributed by atoms with Crippen LogP contribution in [0.2, 0.25) is 0 Å². The van der Waals surface area contributed by atoms with E-state index < -0.39 is 23.6 Å². The predicted octanol–water partition coefficient (Wildman–Crippen LogP) is 2.52. The molecule has 134 valence electrons. The summed E-state index contributed by atoms with van der Waals surface area (Å²) >= 11 is 0. The van der Waals surface area contributed by atoms with Crippen LogP contribution in [0.15, 0.2) is 36.4 Å². The number of carbonyl (C=O) groups excluding carboxylic acids is 1. The lowest BCUT2D eigenvalue weighted by atomic mass is 10.1. The lowest BCUT2D eigenvalue weighted by Gasteiger charge is -2.14. The van der Waals surface area contributed by atoms with Crippen molar-refractivity contribution in [3.8, 4) is 11.5 Å². The minimum absolute atomic E-state index is 0.148. The molecule has 0 aliphatic carbocycles. The number of halogens is 2. The molecule has 0 unspecified atom stereocenters. The Labute approximate surface area is 144 Å². The molecule has 3 N–H and O–H groups in total. The summed E-state index contributed by atoms with van der Waals surface area (Å²) in [4.78, 5) is 11.0. The fraction of sp³-hybridized carbons (Fsp3) is 0.278. The molecular weight excluding hydrogens is 330 g/mol. The smallest absolute Gasteiger partial charge is 0.234 e. The molecule has 0 aromatic heterocycles. The van der Waals surface area contributed by atoms with Crippen LogP contribution in [0.1, 0.15) is 18.1 Å². The zero-order chi connectivity index (χ0) is 18.4. The van der Waals surface area contributed by atoms with Crippen molar-refractivity contribution in [2.24, 2.45) is 5.73 Å². The maximum Gasteiger partial charge on any atom is 0.234 e. The van der Waals surface area contributed by atoms with E-state index in [9.17, 15) is 13.6 Å². The Hall–Kier alpha value is -2.67. The first-order chi connectivity index (χ1) is 11.9. The zero-order valence-electron chi connectivity index (χ0n) is 14.0. The van der Waals surface area contributed by atoms with Gasteiger partial charge in [0.2, 0.25) is 5.91 Å². The van der Waals surface area contributed by atoms with Crippen LogP contribution in [0.3, 0.4) is 0 Å². The van der Waals surface area contributed by atoms with E-state index in [2.05, 4.69) is 5.32 Å². The monoisotopic (exact) mass is 350 g/mol. The summed E-state index contributed by atoms with van der Waals surface area (Å²) in [6, 6.07) is 8.30. The maximum atomic E-state index is 13.6. The SMILES string of the molecule is COc1cc(CN[C@@H](C)C(N)=O)ccc1OCc1c(F)cccc1F. The molecule has 2 aromatic carbocycles. The molecule has 25 heavy (non-hydrogen) atoms. The van der Waals surface area contributed by atoms with Gasteiger partial charge in [0, 0.05) is 6.54 Å². The number of methoxy groups -OCH3 is 1. The second kappa shape index (κ2) is 8.43. The first-order valence-corrected chi connectivity index (χ1v) is 7.67. The normalized spacial score (nSPS) is 11.8. The van der Waals surface area contributed by atoms with Gasteiger partial charge in [-0.05, 0) is 36.8 Å². The Balaban J connectivity index is 2.07. The van der Waals surface area contributed by atoms with Crippen molar-refractivity contribution in [1.29, 1.82) is 0 Å². The molecule has 2 aromatic rings. The number of hydrogen-bond acceptors (Lipinski definition) is 4. The second-order valence-electron chi connectivity index (χ2n) is 5.48. The quantitative estimate of drug-likeness (QED) is 0.767. The van der Waals surface area contributed by atoms with E-state index in [0.717, 1.165) is 5.56 Å². The molecule has 0 bridgehead atoms. The maximum absolute atomic E-state index is 13.6. The van der Waals surface area contributed by atoms with Gasteiger partial charge in [-0.15, -0.1) is 0 Å². The largest absolute Gasteiger partial charge is 0.493 e. The summed E-state index contributed by atoms with van der Waals surface area (Å²) in [5, 5.41) is 2.97.